The standard InChI is InChI=1S/C26H36BClFNO4.C23H29BClFO6S/c1-4-34-26(31)22(18-30-12-5-13-33-3)15-20(17-27(2)32)14-19-6-8-21(9-7-19)24-16-23(28)10-11-25(24)29;1-4-31-23(27)19(15-32-33(3,29)30)12-17(14-24(2)28)11-16-5-7-18(8-6-16)21-13-20(25)9-10-22(21)26/h6-11,16,20,22,30,32H,4-5,12-15,17-18H2,1-3H3;5-10,13,17,19,28H,4,11-12,14-15H2,1-3H3/t20-,22+;17-,19+/m11/s1. The maximum atomic E-state index is 14.2. The van der Waals surface area contributed by atoms with E-state index in [0.29, 0.717) is 78.4 Å². The van der Waals surface area contributed by atoms with Gasteiger partial charge in [0.15, 0.2) is 0 Å². The maximum absolute atomic E-state index is 14.2. The summed E-state index contributed by atoms with van der Waals surface area (Å²) in [6.45, 7) is 7.91. The molecular formula is C49H65B2Cl2F2NO10S. The van der Waals surface area contributed by atoms with Crippen LogP contribution in [0.4, 0.5) is 8.78 Å². The van der Waals surface area contributed by atoms with E-state index in [1.165, 1.54) is 24.3 Å². The summed E-state index contributed by atoms with van der Waals surface area (Å²) >= 11 is 12.0. The van der Waals surface area contributed by atoms with Crippen molar-refractivity contribution >= 4 is 59.1 Å². The van der Waals surface area contributed by atoms with Crippen LogP contribution >= 0.6 is 23.2 Å². The van der Waals surface area contributed by atoms with E-state index in [4.69, 9.17) is 41.6 Å². The van der Waals surface area contributed by atoms with E-state index >= 15 is 0 Å². The van der Waals surface area contributed by atoms with Crippen molar-refractivity contribution in [2.24, 2.45) is 23.7 Å². The van der Waals surface area contributed by atoms with Crippen molar-refractivity contribution in [3.8, 4) is 22.3 Å². The Labute approximate surface area is 406 Å². The highest BCUT2D eigenvalue weighted by molar-refractivity contribution is 7.86. The second kappa shape index (κ2) is 29.9. The lowest BCUT2D eigenvalue weighted by atomic mass is 9.62. The third-order valence-electron chi connectivity index (χ3n) is 10.8. The fourth-order valence-electron chi connectivity index (χ4n) is 7.88. The molecule has 0 aliphatic heterocycles. The molecule has 18 heteroatoms. The number of ether oxygens (including phenoxy) is 3. The summed E-state index contributed by atoms with van der Waals surface area (Å²) in [5, 5.41) is 24.3. The molecule has 0 aliphatic carbocycles. The fraction of sp³-hybridized carbons (Fsp3) is 0.469. The summed E-state index contributed by atoms with van der Waals surface area (Å²) in [4.78, 5) is 25.0. The highest BCUT2D eigenvalue weighted by atomic mass is 35.5. The Hall–Kier alpha value is -3.86. The molecule has 0 heterocycles. The van der Waals surface area contributed by atoms with Gasteiger partial charge in [0.25, 0.3) is 23.9 Å². The number of carbonyl (C=O) groups is 2. The molecule has 0 spiro atoms. The van der Waals surface area contributed by atoms with Crippen LogP contribution in [0, 0.1) is 35.3 Å². The minimum Gasteiger partial charge on any atom is -0.466 e. The molecule has 0 bridgehead atoms. The topological polar surface area (TPSA) is 158 Å². The summed E-state index contributed by atoms with van der Waals surface area (Å²) in [7, 11) is -2.05. The first-order valence-corrected chi connectivity index (χ1v) is 25.2. The number of benzene rings is 4. The van der Waals surface area contributed by atoms with Gasteiger partial charge in [0.1, 0.15) is 11.6 Å². The molecule has 4 atom stereocenters. The first-order chi connectivity index (χ1) is 31.8. The zero-order valence-electron chi connectivity index (χ0n) is 39.3. The van der Waals surface area contributed by atoms with E-state index in [2.05, 4.69) is 5.32 Å². The average Bonchev–Trinajstić information content (AvgIpc) is 3.26. The maximum Gasteiger partial charge on any atom is 0.311 e. The number of esters is 2. The van der Waals surface area contributed by atoms with Crippen LogP contribution in [0.5, 0.6) is 0 Å². The predicted octanol–water partition coefficient (Wildman–Crippen LogP) is 9.58. The minimum absolute atomic E-state index is 0.0870. The molecule has 0 aliphatic rings. The van der Waals surface area contributed by atoms with Gasteiger partial charge in [0.2, 0.25) is 0 Å². The van der Waals surface area contributed by atoms with Crippen molar-refractivity contribution in [1.29, 1.82) is 0 Å². The molecule has 4 rings (SSSR count). The van der Waals surface area contributed by atoms with E-state index in [-0.39, 0.29) is 55.0 Å². The number of halogens is 4. The normalized spacial score (nSPS) is 13.1. The SMILES string of the molecule is CCOC(=O)[C@H](CNCCCOC)C[C@H](CB(C)O)Cc1ccc(-c2cc(Cl)ccc2F)cc1.CCOC(=O)[C@H](COS(C)(=O)=O)C[C@H](CB(C)O)Cc1ccc(-c2cc(Cl)ccc2F)cc1. The summed E-state index contributed by atoms with van der Waals surface area (Å²) in [6, 6.07) is 23.9. The molecule has 0 saturated carbocycles. The molecule has 4 aromatic rings. The van der Waals surface area contributed by atoms with E-state index in [1.807, 2.05) is 36.4 Å². The lowest BCUT2D eigenvalue weighted by molar-refractivity contribution is -0.150. The third kappa shape index (κ3) is 22.0. The second-order valence-electron chi connectivity index (χ2n) is 16.9. The monoisotopic (exact) mass is 989 g/mol. The largest absolute Gasteiger partial charge is 0.466 e. The van der Waals surface area contributed by atoms with Crippen LogP contribution in [-0.4, -0.2) is 97.1 Å². The first-order valence-electron chi connectivity index (χ1n) is 22.6. The highest BCUT2D eigenvalue weighted by Crippen LogP contribution is 2.31. The number of hydrogen-bond acceptors (Lipinski definition) is 11. The van der Waals surface area contributed by atoms with Gasteiger partial charge >= 0.3 is 11.9 Å². The van der Waals surface area contributed by atoms with Gasteiger partial charge in [-0.3, -0.25) is 13.8 Å². The molecule has 67 heavy (non-hydrogen) atoms. The van der Waals surface area contributed by atoms with Gasteiger partial charge < -0.3 is 29.6 Å². The Kier molecular flexibility index (Phi) is 25.6. The lowest BCUT2D eigenvalue weighted by Gasteiger charge is -2.23. The summed E-state index contributed by atoms with van der Waals surface area (Å²) < 4.78 is 71.5. The lowest BCUT2D eigenvalue weighted by Crippen LogP contribution is -2.33. The summed E-state index contributed by atoms with van der Waals surface area (Å²) in [5.41, 5.74) is 4.28. The van der Waals surface area contributed by atoms with E-state index in [0.717, 1.165) is 35.9 Å². The van der Waals surface area contributed by atoms with Crippen molar-refractivity contribution in [3.05, 3.63) is 118 Å². The van der Waals surface area contributed by atoms with Gasteiger partial charge in [0.05, 0.1) is 37.9 Å². The van der Waals surface area contributed by atoms with Crippen molar-refractivity contribution < 1.29 is 55.2 Å². The first kappa shape index (κ1) is 57.5. The quantitative estimate of drug-likeness (QED) is 0.0226. The Morgan fingerprint density at radius 3 is 1.55 bits per heavy atom. The minimum atomic E-state index is -3.72. The van der Waals surface area contributed by atoms with Crippen molar-refractivity contribution in [2.75, 3.05) is 52.9 Å². The molecule has 3 N–H and O–H groups in total. The van der Waals surface area contributed by atoms with Crippen LogP contribution in [0.2, 0.25) is 36.3 Å². The molecule has 4 aromatic carbocycles. The molecular weight excluding hydrogens is 925 g/mol. The van der Waals surface area contributed by atoms with Crippen molar-refractivity contribution in [3.63, 3.8) is 0 Å². The summed E-state index contributed by atoms with van der Waals surface area (Å²) in [5.74, 6) is -2.59. The number of hydrogen-bond donors (Lipinski definition) is 3. The number of methoxy groups -OCH3 is 1. The molecule has 0 radical (unpaired) electrons. The fourth-order valence-corrected chi connectivity index (χ4v) is 8.63. The van der Waals surface area contributed by atoms with Crippen LogP contribution in [-0.2, 0) is 50.9 Å². The number of nitrogens with one attached hydrogen (secondary N) is 1. The summed E-state index contributed by atoms with van der Waals surface area (Å²) in [6.07, 6.45) is 4.87. The molecule has 0 fully saturated rings. The molecule has 0 unspecified atom stereocenters. The Balaban J connectivity index is 0.000000355. The zero-order chi connectivity index (χ0) is 49.5. The molecule has 0 amide bonds. The van der Waals surface area contributed by atoms with Crippen molar-refractivity contribution in [2.45, 2.75) is 72.2 Å². The van der Waals surface area contributed by atoms with Crippen LogP contribution in [0.25, 0.3) is 22.3 Å². The average molecular weight is 991 g/mol. The van der Waals surface area contributed by atoms with Crippen molar-refractivity contribution in [1.82, 2.24) is 5.32 Å². The van der Waals surface area contributed by atoms with E-state index < -0.39 is 35.8 Å². The molecule has 0 saturated heterocycles. The molecule has 366 valence electrons. The molecule has 11 nitrogen and oxygen atoms in total. The van der Waals surface area contributed by atoms with Crippen LogP contribution in [0.3, 0.4) is 0 Å². The smallest absolute Gasteiger partial charge is 0.311 e. The molecule has 0 aromatic heterocycles. The van der Waals surface area contributed by atoms with Gasteiger partial charge in [-0.15, -0.1) is 0 Å². The van der Waals surface area contributed by atoms with E-state index in [1.54, 1.807) is 58.9 Å². The zero-order valence-corrected chi connectivity index (χ0v) is 41.6. The predicted molar refractivity (Wildman–Crippen MR) is 265 cm³/mol. The Morgan fingerprint density at radius 2 is 1.15 bits per heavy atom. The second-order valence-corrected chi connectivity index (χ2v) is 19.4. The van der Waals surface area contributed by atoms with Gasteiger partial charge in [0, 0.05) is 41.4 Å². The Bertz CT molecular complexity index is 2220. The van der Waals surface area contributed by atoms with Gasteiger partial charge in [-0.05, 0) is 136 Å². The van der Waals surface area contributed by atoms with Crippen LogP contribution < -0.4 is 5.32 Å². The Morgan fingerprint density at radius 1 is 0.716 bits per heavy atom. The highest BCUT2D eigenvalue weighted by Gasteiger charge is 2.29. The number of rotatable bonds is 27. The number of carbonyl (C=O) groups excluding carboxylic acids is 2. The third-order valence-corrected chi connectivity index (χ3v) is 11.9. The van der Waals surface area contributed by atoms with Gasteiger partial charge in [-0.1, -0.05) is 85.4 Å². The van der Waals surface area contributed by atoms with Crippen LogP contribution in [0.15, 0.2) is 84.9 Å². The van der Waals surface area contributed by atoms with Gasteiger partial charge in [-0.2, -0.15) is 8.42 Å². The van der Waals surface area contributed by atoms with Crippen LogP contribution in [0.1, 0.15) is 44.2 Å². The van der Waals surface area contributed by atoms with Gasteiger partial charge in [-0.25, -0.2) is 8.78 Å². The van der Waals surface area contributed by atoms with E-state index in [9.17, 15) is 36.8 Å².